The predicted molar refractivity (Wildman–Crippen MR) is 106 cm³/mol. The van der Waals surface area contributed by atoms with E-state index in [1.807, 2.05) is 67.6 Å². The van der Waals surface area contributed by atoms with Gasteiger partial charge in [-0.1, -0.05) is 74.5 Å². The number of hydrogen-bond donors (Lipinski definition) is 1. The van der Waals surface area contributed by atoms with Crippen molar-refractivity contribution in [1.82, 2.24) is 5.32 Å². The van der Waals surface area contributed by atoms with E-state index in [9.17, 15) is 9.59 Å². The average Bonchev–Trinajstić information content (AvgIpc) is 3.43. The molecule has 1 fully saturated rings. The van der Waals surface area contributed by atoms with E-state index in [2.05, 4.69) is 12.2 Å². The average molecular weight is 381 g/mol. The first-order valence-corrected chi connectivity index (χ1v) is 9.55. The summed E-state index contributed by atoms with van der Waals surface area (Å²) in [5, 5.41) is 3.03. The second kappa shape index (κ2) is 8.46. The highest BCUT2D eigenvalue weighted by molar-refractivity contribution is 5.73. The lowest BCUT2D eigenvalue weighted by Gasteiger charge is -2.27. The summed E-state index contributed by atoms with van der Waals surface area (Å²) in [7, 11) is 1.41. The van der Waals surface area contributed by atoms with Crippen molar-refractivity contribution >= 4 is 12.1 Å². The third kappa shape index (κ3) is 4.35. The van der Waals surface area contributed by atoms with Gasteiger partial charge in [0.1, 0.15) is 6.61 Å². The lowest BCUT2D eigenvalue weighted by molar-refractivity contribution is -0.145. The van der Waals surface area contributed by atoms with Crippen LogP contribution in [-0.4, -0.2) is 19.2 Å². The number of nitrogens with one attached hydrogen (secondary N) is 1. The number of benzene rings is 2. The number of rotatable bonds is 7. The number of methoxy groups -OCH3 is 1. The van der Waals surface area contributed by atoms with Crippen molar-refractivity contribution in [2.75, 3.05) is 7.11 Å². The number of carbonyl (C=O) groups is 2. The Morgan fingerprint density at radius 1 is 1.11 bits per heavy atom. The Morgan fingerprint density at radius 3 is 2.32 bits per heavy atom. The molecule has 0 spiro atoms. The molecule has 2 aromatic carbocycles. The minimum atomic E-state index is -0.463. The molecule has 5 nitrogen and oxygen atoms in total. The Labute approximate surface area is 166 Å². The molecule has 0 bridgehead atoms. The van der Waals surface area contributed by atoms with Gasteiger partial charge in [-0.25, -0.2) is 4.79 Å². The van der Waals surface area contributed by atoms with Crippen molar-refractivity contribution in [3.05, 3.63) is 71.8 Å². The largest absolute Gasteiger partial charge is 0.469 e. The van der Waals surface area contributed by atoms with Crippen LogP contribution in [0.25, 0.3) is 0 Å². The maximum Gasteiger partial charge on any atom is 0.407 e. The first kappa shape index (κ1) is 19.9. The fourth-order valence-electron chi connectivity index (χ4n) is 4.00. The summed E-state index contributed by atoms with van der Waals surface area (Å²) in [6.45, 7) is 4.21. The van der Waals surface area contributed by atoms with Crippen LogP contribution in [0, 0.1) is 17.3 Å². The van der Waals surface area contributed by atoms with Gasteiger partial charge in [-0.3, -0.25) is 4.79 Å². The normalized spacial score (nSPS) is 22.6. The molecule has 0 aliphatic heterocycles. The molecule has 2 aromatic rings. The molecular formula is C23H27NO4. The molecule has 1 amide bonds. The molecule has 0 saturated heterocycles. The number of carbonyl (C=O) groups excluding carboxylic acids is 2. The van der Waals surface area contributed by atoms with Crippen LogP contribution in [-0.2, 0) is 20.9 Å². The summed E-state index contributed by atoms with van der Waals surface area (Å²) >= 11 is 0. The fraction of sp³-hybridized carbons (Fsp3) is 0.391. The molecule has 148 valence electrons. The van der Waals surface area contributed by atoms with Crippen molar-refractivity contribution in [1.29, 1.82) is 0 Å². The number of alkyl carbamates (subject to hydrolysis) is 1. The summed E-state index contributed by atoms with van der Waals surface area (Å²) < 4.78 is 10.3. The molecule has 0 heterocycles. The quantitative estimate of drug-likeness (QED) is 0.718. The molecule has 1 aliphatic rings. The van der Waals surface area contributed by atoms with Crippen LogP contribution in [0.3, 0.4) is 0 Å². The van der Waals surface area contributed by atoms with Crippen LogP contribution < -0.4 is 5.32 Å². The molecule has 3 rings (SSSR count). The molecule has 1 aliphatic carbocycles. The van der Waals surface area contributed by atoms with Gasteiger partial charge in [0.15, 0.2) is 0 Å². The van der Waals surface area contributed by atoms with Crippen LogP contribution in [0.1, 0.15) is 37.4 Å². The summed E-state index contributed by atoms with van der Waals surface area (Å²) in [5.74, 6) is -0.296. The van der Waals surface area contributed by atoms with Crippen molar-refractivity contribution in [3.63, 3.8) is 0 Å². The van der Waals surface area contributed by atoms with Crippen LogP contribution in [0.5, 0.6) is 0 Å². The zero-order chi connectivity index (χ0) is 20.1. The number of ether oxygens (including phenoxy) is 2. The Hall–Kier alpha value is -2.82. The van der Waals surface area contributed by atoms with Crippen molar-refractivity contribution in [2.45, 2.75) is 32.9 Å². The number of hydrogen-bond acceptors (Lipinski definition) is 4. The SMILES string of the molecule is COC(=O)C(C)C1C[C@]1(C)C(NC(=O)OCc1ccccc1)c1ccccc1. The van der Waals surface area contributed by atoms with Gasteiger partial charge in [0, 0.05) is 0 Å². The van der Waals surface area contributed by atoms with Crippen LogP contribution in [0.2, 0.25) is 0 Å². The van der Waals surface area contributed by atoms with E-state index < -0.39 is 6.09 Å². The monoisotopic (exact) mass is 381 g/mol. The molecule has 3 unspecified atom stereocenters. The Balaban J connectivity index is 1.72. The van der Waals surface area contributed by atoms with Gasteiger partial charge in [-0.2, -0.15) is 0 Å². The summed E-state index contributed by atoms with van der Waals surface area (Å²) in [5.41, 5.74) is 1.70. The van der Waals surface area contributed by atoms with Crippen LogP contribution in [0.4, 0.5) is 4.79 Å². The summed E-state index contributed by atoms with van der Waals surface area (Å²) in [6.07, 6.45) is 0.372. The van der Waals surface area contributed by atoms with Crippen molar-refractivity contribution in [3.8, 4) is 0 Å². The lowest BCUT2D eigenvalue weighted by atomic mass is 9.86. The van der Waals surface area contributed by atoms with Gasteiger partial charge in [0.05, 0.1) is 19.1 Å². The van der Waals surface area contributed by atoms with E-state index in [4.69, 9.17) is 9.47 Å². The first-order chi connectivity index (χ1) is 13.5. The molecule has 1 saturated carbocycles. The Morgan fingerprint density at radius 2 is 1.71 bits per heavy atom. The number of esters is 1. The zero-order valence-corrected chi connectivity index (χ0v) is 16.6. The van der Waals surface area contributed by atoms with Gasteiger partial charge >= 0.3 is 12.1 Å². The topological polar surface area (TPSA) is 64.6 Å². The van der Waals surface area contributed by atoms with Gasteiger partial charge in [-0.15, -0.1) is 0 Å². The predicted octanol–water partition coefficient (Wildman–Crippen LogP) is 4.49. The third-order valence-electron chi connectivity index (χ3n) is 5.79. The smallest absolute Gasteiger partial charge is 0.407 e. The van der Waals surface area contributed by atoms with E-state index >= 15 is 0 Å². The summed E-state index contributed by atoms with van der Waals surface area (Å²) in [4.78, 5) is 24.5. The molecule has 5 heteroatoms. The third-order valence-corrected chi connectivity index (χ3v) is 5.79. The molecule has 28 heavy (non-hydrogen) atoms. The van der Waals surface area contributed by atoms with Gasteiger partial charge < -0.3 is 14.8 Å². The van der Waals surface area contributed by atoms with Gasteiger partial charge in [-0.05, 0) is 28.9 Å². The fourth-order valence-corrected chi connectivity index (χ4v) is 4.00. The first-order valence-electron chi connectivity index (χ1n) is 9.55. The van der Waals surface area contributed by atoms with Gasteiger partial charge in [0.25, 0.3) is 0 Å². The van der Waals surface area contributed by atoms with Crippen molar-refractivity contribution in [2.24, 2.45) is 17.3 Å². The van der Waals surface area contributed by atoms with Gasteiger partial charge in [0.2, 0.25) is 0 Å². The van der Waals surface area contributed by atoms with Crippen molar-refractivity contribution < 1.29 is 19.1 Å². The molecule has 0 radical (unpaired) electrons. The Kier molecular flexibility index (Phi) is 6.02. The van der Waals surface area contributed by atoms with E-state index in [-0.39, 0.29) is 35.9 Å². The van der Waals surface area contributed by atoms with E-state index in [0.717, 1.165) is 17.5 Å². The minimum absolute atomic E-state index is 0.138. The maximum atomic E-state index is 12.5. The van der Waals surface area contributed by atoms with E-state index in [1.165, 1.54) is 7.11 Å². The highest BCUT2D eigenvalue weighted by Crippen LogP contribution is 2.63. The molecule has 4 atom stereocenters. The minimum Gasteiger partial charge on any atom is -0.469 e. The highest BCUT2D eigenvalue weighted by Gasteiger charge is 2.59. The lowest BCUT2D eigenvalue weighted by Crippen LogP contribution is -2.35. The Bertz CT molecular complexity index is 808. The molecule has 1 N–H and O–H groups in total. The second-order valence-corrected chi connectivity index (χ2v) is 7.68. The van der Waals surface area contributed by atoms with Crippen LogP contribution >= 0.6 is 0 Å². The van der Waals surface area contributed by atoms with E-state index in [0.29, 0.717) is 0 Å². The molecule has 0 aromatic heterocycles. The maximum absolute atomic E-state index is 12.5. The highest BCUT2D eigenvalue weighted by atomic mass is 16.5. The summed E-state index contributed by atoms with van der Waals surface area (Å²) in [6, 6.07) is 19.2. The second-order valence-electron chi connectivity index (χ2n) is 7.68. The zero-order valence-electron chi connectivity index (χ0n) is 16.6. The standard InChI is InChI=1S/C23H27NO4/c1-16(21(25)27-3)19-14-23(19,2)20(18-12-8-5-9-13-18)24-22(26)28-15-17-10-6-4-7-11-17/h4-13,16,19-20H,14-15H2,1-3H3,(H,24,26)/t16?,19?,20?,23-/m0/s1. The number of amides is 1. The van der Waals surface area contributed by atoms with E-state index in [1.54, 1.807) is 0 Å². The molecular weight excluding hydrogens is 354 g/mol. The van der Waals surface area contributed by atoms with Crippen LogP contribution in [0.15, 0.2) is 60.7 Å².